The summed E-state index contributed by atoms with van der Waals surface area (Å²) in [7, 11) is -1.91. The molecule has 0 spiro atoms. The van der Waals surface area contributed by atoms with Gasteiger partial charge in [0.1, 0.15) is 5.75 Å². The second kappa shape index (κ2) is 7.85. The van der Waals surface area contributed by atoms with E-state index in [0.717, 1.165) is 19.5 Å². The van der Waals surface area contributed by atoms with Crippen molar-refractivity contribution >= 4 is 10.0 Å². The topological polar surface area (TPSA) is 49.9 Å². The highest BCUT2D eigenvalue weighted by Crippen LogP contribution is 2.36. The first kappa shape index (κ1) is 19.4. The Labute approximate surface area is 168 Å². The summed E-state index contributed by atoms with van der Waals surface area (Å²) in [4.78, 5) is 2.84. The van der Waals surface area contributed by atoms with E-state index in [9.17, 15) is 8.42 Å². The average Bonchev–Trinajstić information content (AvgIpc) is 2.72. The van der Waals surface area contributed by atoms with Crippen LogP contribution < -0.4 is 4.74 Å². The van der Waals surface area contributed by atoms with Crippen LogP contribution in [0, 0.1) is 5.92 Å². The van der Waals surface area contributed by atoms with Crippen molar-refractivity contribution in [3.63, 3.8) is 0 Å². The van der Waals surface area contributed by atoms with E-state index in [1.54, 1.807) is 35.7 Å². The first-order chi connectivity index (χ1) is 13.5. The lowest BCUT2D eigenvalue weighted by Gasteiger charge is -2.53. The van der Waals surface area contributed by atoms with E-state index in [1.165, 1.54) is 5.56 Å². The van der Waals surface area contributed by atoms with Crippen LogP contribution in [0.4, 0.5) is 0 Å². The summed E-state index contributed by atoms with van der Waals surface area (Å²) in [5.74, 6) is 1.48. The number of hydrogen-bond donors (Lipinski definition) is 0. The molecule has 4 rings (SSSR count). The molecule has 0 saturated carbocycles. The van der Waals surface area contributed by atoms with Crippen molar-refractivity contribution in [2.75, 3.05) is 33.3 Å². The van der Waals surface area contributed by atoms with Gasteiger partial charge in [-0.1, -0.05) is 43.3 Å². The van der Waals surface area contributed by atoms with Gasteiger partial charge in [0, 0.05) is 44.2 Å². The molecule has 2 aromatic carbocycles. The quantitative estimate of drug-likeness (QED) is 0.747. The molecule has 0 amide bonds. The third kappa shape index (κ3) is 3.69. The second-order valence-corrected chi connectivity index (χ2v) is 9.86. The monoisotopic (exact) mass is 400 g/mol. The van der Waals surface area contributed by atoms with Gasteiger partial charge >= 0.3 is 0 Å². The van der Waals surface area contributed by atoms with Crippen molar-refractivity contribution < 1.29 is 13.2 Å². The average molecular weight is 401 g/mol. The molecule has 6 heteroatoms. The second-order valence-electron chi connectivity index (χ2n) is 7.92. The fourth-order valence-corrected chi connectivity index (χ4v) is 6.07. The molecule has 5 nitrogen and oxygen atoms in total. The molecule has 2 heterocycles. The maximum atomic E-state index is 13.0. The van der Waals surface area contributed by atoms with Crippen molar-refractivity contribution in [1.29, 1.82) is 0 Å². The van der Waals surface area contributed by atoms with Crippen LogP contribution in [0.3, 0.4) is 0 Å². The number of piperidine rings is 1. The summed E-state index contributed by atoms with van der Waals surface area (Å²) in [6, 6.07) is 17.9. The van der Waals surface area contributed by atoms with E-state index >= 15 is 0 Å². The number of sulfonamides is 1. The van der Waals surface area contributed by atoms with Crippen LogP contribution in [0.15, 0.2) is 59.5 Å². The Hall–Kier alpha value is -1.89. The summed E-state index contributed by atoms with van der Waals surface area (Å²) in [6.07, 6.45) is 0.898. The zero-order chi connectivity index (χ0) is 19.7. The summed E-state index contributed by atoms with van der Waals surface area (Å²) in [5.41, 5.74) is 1.36. The minimum Gasteiger partial charge on any atom is -0.497 e. The van der Waals surface area contributed by atoms with Crippen molar-refractivity contribution in [3.8, 4) is 5.75 Å². The Balaban J connectivity index is 1.38. The van der Waals surface area contributed by atoms with Gasteiger partial charge in [0.15, 0.2) is 0 Å². The van der Waals surface area contributed by atoms with Gasteiger partial charge in [-0.3, -0.25) is 4.90 Å². The number of methoxy groups -OCH3 is 1. The molecule has 28 heavy (non-hydrogen) atoms. The van der Waals surface area contributed by atoms with Crippen LogP contribution in [-0.2, 0) is 10.0 Å². The Morgan fingerprint density at radius 3 is 2.61 bits per heavy atom. The normalized spacial score (nSPS) is 24.2. The van der Waals surface area contributed by atoms with Crippen LogP contribution in [0.5, 0.6) is 5.75 Å². The Morgan fingerprint density at radius 1 is 1.11 bits per heavy atom. The Bertz CT molecular complexity index is 916. The molecule has 2 aromatic rings. The molecule has 3 atom stereocenters. The minimum absolute atomic E-state index is 0.319. The van der Waals surface area contributed by atoms with Gasteiger partial charge in [-0.2, -0.15) is 4.31 Å². The van der Waals surface area contributed by atoms with Gasteiger partial charge in [0.05, 0.1) is 12.0 Å². The van der Waals surface area contributed by atoms with Crippen molar-refractivity contribution in [2.24, 2.45) is 5.92 Å². The molecule has 2 aliphatic heterocycles. The van der Waals surface area contributed by atoms with Gasteiger partial charge in [0.2, 0.25) is 10.0 Å². The zero-order valence-corrected chi connectivity index (χ0v) is 17.3. The number of hydrogen-bond acceptors (Lipinski definition) is 4. The molecular weight excluding hydrogens is 372 g/mol. The largest absolute Gasteiger partial charge is 0.497 e. The fourth-order valence-electron chi connectivity index (χ4n) is 4.52. The summed E-state index contributed by atoms with van der Waals surface area (Å²) in [6.45, 7) is 5.47. The molecule has 0 aliphatic carbocycles. The van der Waals surface area contributed by atoms with Crippen LogP contribution in [0.2, 0.25) is 0 Å². The molecule has 0 N–H and O–H groups in total. The van der Waals surface area contributed by atoms with Gasteiger partial charge < -0.3 is 4.74 Å². The lowest BCUT2D eigenvalue weighted by Crippen LogP contribution is -2.64. The molecule has 150 valence electrons. The lowest BCUT2D eigenvalue weighted by atomic mass is 9.82. The SMILES string of the molecule is COc1cccc(S(=O)(=O)N2CC[C@@H]3[C@H](CN3C[C@H](C)c3ccccc3)C2)c1. The van der Waals surface area contributed by atoms with E-state index in [2.05, 4.69) is 36.1 Å². The van der Waals surface area contributed by atoms with Crippen LogP contribution >= 0.6 is 0 Å². The van der Waals surface area contributed by atoms with Gasteiger partial charge in [-0.05, 0) is 30.0 Å². The maximum absolute atomic E-state index is 13.0. The van der Waals surface area contributed by atoms with Crippen molar-refractivity contribution in [3.05, 3.63) is 60.2 Å². The number of benzene rings is 2. The minimum atomic E-state index is -3.47. The predicted octanol–water partition coefficient (Wildman–Crippen LogP) is 3.19. The molecule has 0 radical (unpaired) electrons. The van der Waals surface area contributed by atoms with E-state index in [4.69, 9.17) is 4.74 Å². The third-order valence-electron chi connectivity index (χ3n) is 6.15. The predicted molar refractivity (Wildman–Crippen MR) is 110 cm³/mol. The zero-order valence-electron chi connectivity index (χ0n) is 16.5. The summed E-state index contributed by atoms with van der Waals surface area (Å²) >= 11 is 0. The summed E-state index contributed by atoms with van der Waals surface area (Å²) < 4.78 is 32.9. The molecule has 0 aromatic heterocycles. The van der Waals surface area contributed by atoms with E-state index in [-0.39, 0.29) is 0 Å². The molecule has 2 aliphatic rings. The highest BCUT2D eigenvalue weighted by molar-refractivity contribution is 7.89. The van der Waals surface area contributed by atoms with E-state index in [1.807, 2.05) is 6.07 Å². The van der Waals surface area contributed by atoms with Gasteiger partial charge in [-0.15, -0.1) is 0 Å². The molecule has 0 bridgehead atoms. The maximum Gasteiger partial charge on any atom is 0.243 e. The Kier molecular flexibility index (Phi) is 5.45. The highest BCUT2D eigenvalue weighted by atomic mass is 32.2. The van der Waals surface area contributed by atoms with Crippen molar-refractivity contribution in [2.45, 2.75) is 30.2 Å². The van der Waals surface area contributed by atoms with Gasteiger partial charge in [-0.25, -0.2) is 8.42 Å². The fraction of sp³-hybridized carbons (Fsp3) is 0.455. The van der Waals surface area contributed by atoms with Crippen LogP contribution in [0.25, 0.3) is 0 Å². The third-order valence-corrected chi connectivity index (χ3v) is 8.01. The number of ether oxygens (including phenoxy) is 1. The van der Waals surface area contributed by atoms with Gasteiger partial charge in [0.25, 0.3) is 0 Å². The smallest absolute Gasteiger partial charge is 0.243 e. The first-order valence-corrected chi connectivity index (χ1v) is 11.4. The lowest BCUT2D eigenvalue weighted by molar-refractivity contribution is -0.0272. The number of fused-ring (bicyclic) bond motifs is 1. The summed E-state index contributed by atoms with van der Waals surface area (Å²) in [5, 5.41) is 0. The molecule has 0 unspecified atom stereocenters. The standard InChI is InChI=1S/C22H28N2O3S/c1-17(18-7-4-3-5-8-18)14-23-15-19-16-24(12-11-22(19)23)28(25,26)21-10-6-9-20(13-21)27-2/h3-10,13,17,19,22H,11-12,14-16H2,1-2H3/t17-,19+,22+/m0/s1. The number of rotatable bonds is 6. The number of nitrogens with zero attached hydrogens (tertiary/aromatic N) is 2. The van der Waals surface area contributed by atoms with Crippen molar-refractivity contribution in [1.82, 2.24) is 9.21 Å². The Morgan fingerprint density at radius 2 is 1.89 bits per heavy atom. The number of likely N-dealkylation sites (tertiary alicyclic amines) is 1. The first-order valence-electron chi connectivity index (χ1n) is 9.92. The molecule has 2 fully saturated rings. The molecular formula is C22H28N2O3S. The molecule has 2 saturated heterocycles. The highest BCUT2D eigenvalue weighted by Gasteiger charge is 2.45. The van der Waals surface area contributed by atoms with E-state index < -0.39 is 10.0 Å². The van der Waals surface area contributed by atoms with Crippen LogP contribution in [0.1, 0.15) is 24.8 Å². The van der Waals surface area contributed by atoms with E-state index in [0.29, 0.717) is 41.6 Å². The van der Waals surface area contributed by atoms with Crippen LogP contribution in [-0.4, -0.2) is 57.0 Å².